The first-order valence-electron chi connectivity index (χ1n) is 8.82. The third-order valence-electron chi connectivity index (χ3n) is 4.35. The van der Waals surface area contributed by atoms with Gasteiger partial charge in [-0.25, -0.2) is 8.42 Å². The summed E-state index contributed by atoms with van der Waals surface area (Å²) < 4.78 is 55.9. The Morgan fingerprint density at radius 2 is 1.86 bits per heavy atom. The Bertz CT molecular complexity index is 936. The smallest absolute Gasteiger partial charge is 0.387 e. The lowest BCUT2D eigenvalue weighted by Gasteiger charge is -2.33. The van der Waals surface area contributed by atoms with Gasteiger partial charge in [0.25, 0.3) is 0 Å². The molecule has 156 valence electrons. The number of halogens is 2. The zero-order valence-corrected chi connectivity index (χ0v) is 16.2. The molecule has 0 saturated carbocycles. The molecule has 0 spiro atoms. The number of nitrogens with zero attached hydrogens (tertiary/aromatic N) is 3. The van der Waals surface area contributed by atoms with Gasteiger partial charge in [-0.2, -0.15) is 13.1 Å². The number of alkyl halides is 2. The maximum Gasteiger partial charge on any atom is 0.387 e. The highest BCUT2D eigenvalue weighted by atomic mass is 32.2. The van der Waals surface area contributed by atoms with Crippen LogP contribution in [0, 0.1) is 0 Å². The quantitative estimate of drug-likeness (QED) is 0.724. The van der Waals surface area contributed by atoms with Gasteiger partial charge in [0.1, 0.15) is 10.6 Å². The maximum atomic E-state index is 12.6. The fourth-order valence-electron chi connectivity index (χ4n) is 2.94. The Kier molecular flexibility index (Phi) is 6.72. The number of piperazine rings is 1. The maximum absolute atomic E-state index is 12.6. The summed E-state index contributed by atoms with van der Waals surface area (Å²) in [5.41, 5.74) is 0.149. The number of hydrogen-bond acceptors (Lipinski definition) is 6. The van der Waals surface area contributed by atoms with Gasteiger partial charge in [0.05, 0.1) is 12.2 Å². The first-order valence-corrected chi connectivity index (χ1v) is 10.3. The number of para-hydroxylation sites is 2. The van der Waals surface area contributed by atoms with E-state index in [1.165, 1.54) is 41.0 Å². The highest BCUT2D eigenvalue weighted by molar-refractivity contribution is 7.89. The van der Waals surface area contributed by atoms with Crippen LogP contribution in [0.5, 0.6) is 5.75 Å². The molecule has 3 rings (SSSR count). The molecule has 29 heavy (non-hydrogen) atoms. The molecule has 1 amide bonds. The van der Waals surface area contributed by atoms with Crippen molar-refractivity contribution in [1.82, 2.24) is 14.2 Å². The fraction of sp³-hybridized carbons (Fsp3) is 0.333. The van der Waals surface area contributed by atoms with Crippen molar-refractivity contribution in [2.24, 2.45) is 0 Å². The first kappa shape index (κ1) is 21.1. The highest BCUT2D eigenvalue weighted by Crippen LogP contribution is 2.25. The average Bonchev–Trinajstić information content (AvgIpc) is 2.70. The van der Waals surface area contributed by atoms with Crippen LogP contribution in [0.25, 0.3) is 0 Å². The summed E-state index contributed by atoms with van der Waals surface area (Å²) in [5, 5.41) is 2.55. The number of pyridine rings is 1. The lowest BCUT2D eigenvalue weighted by Crippen LogP contribution is -2.50. The number of rotatable bonds is 7. The molecule has 1 aromatic heterocycles. The minimum Gasteiger partial charge on any atom is -0.433 e. The summed E-state index contributed by atoms with van der Waals surface area (Å²) in [4.78, 5) is 18.0. The van der Waals surface area contributed by atoms with Gasteiger partial charge in [0.15, 0.2) is 0 Å². The normalized spacial score (nSPS) is 16.0. The fourth-order valence-corrected chi connectivity index (χ4v) is 4.32. The summed E-state index contributed by atoms with van der Waals surface area (Å²) in [6.07, 6.45) is 2.80. The molecule has 0 unspecified atom stereocenters. The van der Waals surface area contributed by atoms with Crippen molar-refractivity contribution >= 4 is 21.6 Å². The number of amides is 1. The number of hydrogen-bond donors (Lipinski definition) is 1. The van der Waals surface area contributed by atoms with E-state index in [-0.39, 0.29) is 36.0 Å². The summed E-state index contributed by atoms with van der Waals surface area (Å²) in [6.45, 7) is -1.80. The number of anilines is 1. The largest absolute Gasteiger partial charge is 0.433 e. The second-order valence-electron chi connectivity index (χ2n) is 6.29. The molecule has 1 aliphatic heterocycles. The van der Waals surface area contributed by atoms with Crippen molar-refractivity contribution in [2.45, 2.75) is 11.5 Å². The Labute approximate surface area is 167 Å². The van der Waals surface area contributed by atoms with Gasteiger partial charge in [0.2, 0.25) is 15.9 Å². The van der Waals surface area contributed by atoms with Crippen LogP contribution >= 0.6 is 0 Å². The van der Waals surface area contributed by atoms with Gasteiger partial charge >= 0.3 is 6.61 Å². The molecule has 1 fully saturated rings. The topological polar surface area (TPSA) is 91.8 Å². The molecule has 2 heterocycles. The summed E-state index contributed by atoms with van der Waals surface area (Å²) in [6, 6.07) is 8.97. The summed E-state index contributed by atoms with van der Waals surface area (Å²) in [5.74, 6) is -0.526. The van der Waals surface area contributed by atoms with E-state index in [9.17, 15) is 22.0 Å². The van der Waals surface area contributed by atoms with Crippen LogP contribution in [0.1, 0.15) is 0 Å². The highest BCUT2D eigenvalue weighted by Gasteiger charge is 2.29. The number of carbonyl (C=O) groups is 1. The molecule has 8 nitrogen and oxygen atoms in total. The molecular weight excluding hydrogens is 406 g/mol. The number of ether oxygens (including phenoxy) is 1. The predicted octanol–water partition coefficient (Wildman–Crippen LogP) is 1.63. The minimum absolute atomic E-state index is 0.00376. The van der Waals surface area contributed by atoms with Crippen molar-refractivity contribution < 1.29 is 26.7 Å². The standard InChI is InChI=1S/C18H20F2N4O4S/c19-18(20)28-16-6-2-1-5-15(16)22-17(25)13-23-8-10-24(11-9-23)29(26,27)14-4-3-7-21-12-14/h1-7,12,18H,8-11,13H2,(H,22,25). The lowest BCUT2D eigenvalue weighted by atomic mass is 10.3. The molecular formula is C18H20F2N4O4S. The zero-order valence-electron chi connectivity index (χ0n) is 15.4. The van der Waals surface area contributed by atoms with Gasteiger partial charge in [-0.15, -0.1) is 0 Å². The molecule has 0 atom stereocenters. The van der Waals surface area contributed by atoms with Crippen molar-refractivity contribution in [1.29, 1.82) is 0 Å². The number of sulfonamides is 1. The predicted molar refractivity (Wildman–Crippen MR) is 101 cm³/mol. The molecule has 1 aliphatic rings. The Morgan fingerprint density at radius 3 is 2.52 bits per heavy atom. The van der Waals surface area contributed by atoms with Crippen LogP contribution in [0.2, 0.25) is 0 Å². The van der Waals surface area contributed by atoms with E-state index in [1.54, 1.807) is 17.0 Å². The van der Waals surface area contributed by atoms with Gasteiger partial charge in [0, 0.05) is 38.6 Å². The third kappa shape index (κ3) is 5.46. The number of aromatic nitrogens is 1. The van der Waals surface area contributed by atoms with Crippen LogP contribution in [-0.2, 0) is 14.8 Å². The molecule has 1 N–H and O–H groups in total. The molecule has 0 aliphatic carbocycles. The molecule has 0 radical (unpaired) electrons. The van der Waals surface area contributed by atoms with Crippen LogP contribution < -0.4 is 10.1 Å². The average molecular weight is 426 g/mol. The van der Waals surface area contributed by atoms with Gasteiger partial charge in [-0.1, -0.05) is 12.1 Å². The van der Waals surface area contributed by atoms with E-state index in [2.05, 4.69) is 15.0 Å². The van der Waals surface area contributed by atoms with E-state index in [1.807, 2.05) is 0 Å². The lowest BCUT2D eigenvalue weighted by molar-refractivity contribution is -0.117. The van der Waals surface area contributed by atoms with E-state index in [0.29, 0.717) is 13.1 Å². The molecule has 1 aromatic carbocycles. The SMILES string of the molecule is O=C(CN1CCN(S(=O)(=O)c2cccnc2)CC1)Nc1ccccc1OC(F)F. The first-order chi connectivity index (χ1) is 13.9. The van der Waals surface area contributed by atoms with Crippen LogP contribution in [0.15, 0.2) is 53.7 Å². The van der Waals surface area contributed by atoms with Gasteiger partial charge in [-0.05, 0) is 24.3 Å². The Hall–Kier alpha value is -2.63. The van der Waals surface area contributed by atoms with Crippen molar-refractivity contribution in [3.8, 4) is 5.75 Å². The van der Waals surface area contributed by atoms with Crippen LogP contribution in [0.3, 0.4) is 0 Å². The molecule has 2 aromatic rings. The van der Waals surface area contributed by atoms with E-state index in [4.69, 9.17) is 0 Å². The van der Waals surface area contributed by atoms with Gasteiger partial charge in [-0.3, -0.25) is 14.7 Å². The van der Waals surface area contributed by atoms with Crippen LogP contribution in [0.4, 0.5) is 14.5 Å². The number of nitrogens with one attached hydrogen (secondary N) is 1. The Balaban J connectivity index is 1.54. The van der Waals surface area contributed by atoms with Crippen molar-refractivity contribution in [2.75, 3.05) is 38.0 Å². The zero-order chi connectivity index (χ0) is 20.9. The second-order valence-corrected chi connectivity index (χ2v) is 8.23. The third-order valence-corrected chi connectivity index (χ3v) is 6.23. The van der Waals surface area contributed by atoms with Crippen molar-refractivity contribution in [3.05, 3.63) is 48.8 Å². The van der Waals surface area contributed by atoms with E-state index >= 15 is 0 Å². The Morgan fingerprint density at radius 1 is 1.14 bits per heavy atom. The molecule has 1 saturated heterocycles. The molecule has 0 bridgehead atoms. The molecule has 11 heteroatoms. The number of benzene rings is 1. The number of carbonyl (C=O) groups excluding carboxylic acids is 1. The van der Waals surface area contributed by atoms with E-state index in [0.717, 1.165) is 0 Å². The van der Waals surface area contributed by atoms with Crippen molar-refractivity contribution in [3.63, 3.8) is 0 Å². The summed E-state index contributed by atoms with van der Waals surface area (Å²) >= 11 is 0. The minimum atomic E-state index is -3.62. The van der Waals surface area contributed by atoms with Crippen LogP contribution in [-0.4, -0.2) is 67.8 Å². The van der Waals surface area contributed by atoms with E-state index < -0.39 is 22.5 Å². The van der Waals surface area contributed by atoms with Gasteiger partial charge < -0.3 is 10.1 Å². The second kappa shape index (κ2) is 9.25. The monoisotopic (exact) mass is 426 g/mol. The summed E-state index contributed by atoms with van der Waals surface area (Å²) in [7, 11) is -3.62.